The quantitative estimate of drug-likeness (QED) is 0.147. The molecule has 4 aliphatic rings. The minimum Gasteiger partial charge on any atom is -0.400 e. The Morgan fingerprint density at radius 1 is 0.222 bits per heavy atom. The molecule has 0 aromatic carbocycles. The number of rotatable bonds is 0. The van der Waals surface area contributed by atoms with Gasteiger partial charge in [-0.2, -0.15) is 0 Å². The van der Waals surface area contributed by atoms with Crippen molar-refractivity contribution in [3.63, 3.8) is 0 Å². The van der Waals surface area contributed by atoms with Gasteiger partial charge in [-0.1, -0.05) is 128 Å². The van der Waals surface area contributed by atoms with Crippen molar-refractivity contribution in [2.24, 2.45) is 0 Å². The van der Waals surface area contributed by atoms with Crippen LogP contribution < -0.4 is 0 Å². The molecule has 0 spiro atoms. The van der Waals surface area contributed by atoms with Crippen molar-refractivity contribution in [3.05, 3.63) is 29.7 Å². The summed E-state index contributed by atoms with van der Waals surface area (Å²) < 4.78 is 0. The topological polar surface area (TPSA) is 80.9 Å². The van der Waals surface area contributed by atoms with E-state index in [2.05, 4.69) is 0 Å². The van der Waals surface area contributed by atoms with Gasteiger partial charge in [0.1, 0.15) is 0 Å². The monoisotopic (exact) mass is 1010 g/mol. The summed E-state index contributed by atoms with van der Waals surface area (Å²) in [4.78, 5) is 0. The maximum Gasteiger partial charge on any atom is 0.0319 e. The van der Waals surface area contributed by atoms with E-state index in [9.17, 15) is 0 Å². The van der Waals surface area contributed by atoms with Crippen molar-refractivity contribution in [1.82, 2.24) is 0 Å². The zero-order chi connectivity index (χ0) is 22.1. The molecule has 4 fully saturated rings. The van der Waals surface area contributed by atoms with Gasteiger partial charge < -0.3 is 50.1 Å². The average molecular weight is 1010 g/mol. The third-order valence-electron chi connectivity index (χ3n) is 5.00. The first-order valence-corrected chi connectivity index (χ1v) is 11.8. The zero-order valence-electron chi connectivity index (χ0n) is 25.9. The second-order valence-corrected chi connectivity index (χ2v) is 7.07. The Labute approximate surface area is 307 Å². The van der Waals surface area contributed by atoms with Crippen LogP contribution in [0.4, 0.5) is 0 Å². The Morgan fingerprint density at radius 2 is 0.250 bits per heavy atom. The van der Waals surface area contributed by atoms with Crippen LogP contribution in [0.1, 0.15) is 128 Å². The van der Waals surface area contributed by atoms with E-state index in [1.54, 1.807) is 0 Å². The largest absolute Gasteiger partial charge is 0.400 e. The number of aliphatic hydroxyl groups excluding tert-OH is 4. The van der Waals surface area contributed by atoms with E-state index in [0.717, 1.165) is 28.4 Å². The van der Waals surface area contributed by atoms with Gasteiger partial charge in [-0.25, -0.2) is 0 Å². The molecule has 0 saturated heterocycles. The molecule has 0 bridgehead atoms. The van der Waals surface area contributed by atoms with Crippen LogP contribution in [0.5, 0.6) is 0 Å². The van der Waals surface area contributed by atoms with Gasteiger partial charge in [0.15, 0.2) is 0 Å². The van der Waals surface area contributed by atoms with Crippen molar-refractivity contribution in [1.29, 1.82) is 0 Å². The Kier molecular flexibility index (Phi) is 211. The van der Waals surface area contributed by atoms with Gasteiger partial charge in [-0.15, -0.1) is 0 Å². The van der Waals surface area contributed by atoms with Crippen molar-refractivity contribution in [2.45, 2.75) is 128 Å². The molecule has 4 saturated carbocycles. The molecule has 0 atom stereocenters. The van der Waals surface area contributed by atoms with Crippen LogP contribution in [0.15, 0.2) is 0 Å². The molecule has 4 aliphatic carbocycles. The molecule has 0 radical (unpaired) electrons. The molecule has 4 N–H and O–H groups in total. The van der Waals surface area contributed by atoms with Crippen molar-refractivity contribution >= 4 is 0 Å². The molecular weight excluding hydrogens is 940 g/mol. The smallest absolute Gasteiger partial charge is 0.0319 e. The van der Waals surface area contributed by atoms with Gasteiger partial charge in [-0.3, -0.25) is 0 Å². The Morgan fingerprint density at radius 3 is 0.278 bits per heavy atom. The summed E-state index contributed by atoms with van der Waals surface area (Å²) in [6.07, 6.45) is 30.0. The molecule has 0 heterocycles. The van der Waals surface area contributed by atoms with Gasteiger partial charge in [0.2, 0.25) is 0 Å². The second-order valence-electron chi connectivity index (χ2n) is 7.07. The minimum atomic E-state index is 0. The van der Waals surface area contributed by atoms with E-state index in [0.29, 0.717) is 0 Å². The molecule has 0 aliphatic heterocycles. The van der Waals surface area contributed by atoms with Crippen LogP contribution in [0, 0.1) is 29.7 Å². The van der Waals surface area contributed by atoms with Crippen LogP contribution in [0.2, 0.25) is 0 Å². The summed E-state index contributed by atoms with van der Waals surface area (Å²) in [5.74, 6) is 0. The van der Waals surface area contributed by atoms with E-state index in [1.807, 2.05) is 0 Å². The first kappa shape index (κ1) is 77.4. The maximum atomic E-state index is 7.00. The van der Waals surface area contributed by atoms with Crippen LogP contribution in [-0.2, 0) is 104 Å². The van der Waals surface area contributed by atoms with E-state index < -0.39 is 0 Å². The SMILES string of the molecule is C1CCCC1.C1CCCC1.C1CCCC1.C1CCCC1.CO.CO.CO.CO.[CH3-].[CH3-].[CH3-].[CH3-].[Hf].[Hf].[Zr].[Zr]. The van der Waals surface area contributed by atoms with Crippen molar-refractivity contribution in [2.75, 3.05) is 28.4 Å². The molecule has 4 rings (SSSR count). The van der Waals surface area contributed by atoms with Crippen LogP contribution in [0.25, 0.3) is 0 Å². The molecule has 0 unspecified atom stereocenters. The van der Waals surface area contributed by atoms with Gasteiger partial charge in [0.25, 0.3) is 0 Å². The molecule has 8 heteroatoms. The van der Waals surface area contributed by atoms with Crippen LogP contribution >= 0.6 is 0 Å². The molecule has 0 aromatic rings. The number of aliphatic hydroxyl groups is 4. The van der Waals surface area contributed by atoms with Gasteiger partial charge >= 0.3 is 0 Å². The standard InChI is InChI=1S/4C5H10.4CH4O.4CH3.2Hf.2Zr/c4*1-2-4-5-3-1;4*1-2;;;;;;;;/h4*1-5H2;4*2H,1H3;4*1H3;;;;/q;;;;;;;;4*-1;;;;. The molecule has 36 heavy (non-hydrogen) atoms. The Balaban J connectivity index is -0.0000000183. The van der Waals surface area contributed by atoms with Crippen molar-refractivity contribution < 1.29 is 125 Å². The zero-order valence-corrected chi connectivity index (χ0v) is 38.0. The predicted molar refractivity (Wildman–Crippen MR) is 151 cm³/mol. The van der Waals surface area contributed by atoms with Gasteiger partial charge in [0, 0.05) is 133 Å². The fourth-order valence-corrected chi connectivity index (χ4v) is 3.54. The molecule has 0 aromatic heterocycles. The maximum absolute atomic E-state index is 7.00. The van der Waals surface area contributed by atoms with Gasteiger partial charge in [-0.05, 0) is 0 Å². The van der Waals surface area contributed by atoms with Crippen LogP contribution in [-0.4, -0.2) is 48.9 Å². The third-order valence-corrected chi connectivity index (χ3v) is 5.00. The summed E-state index contributed by atoms with van der Waals surface area (Å²) in [6.45, 7) is 0. The molecule has 4 nitrogen and oxygen atoms in total. The van der Waals surface area contributed by atoms with E-state index >= 15 is 0 Å². The average Bonchev–Trinajstić information content (AvgIpc) is 3.66. The fourth-order valence-electron chi connectivity index (χ4n) is 3.54. The normalized spacial score (nSPS) is 14.0. The Bertz CT molecular complexity index is 126. The predicted octanol–water partition coefficient (Wildman–Crippen LogP) is 8.03. The Hall–Kier alpha value is 3.35. The molecule has 0 amide bonds. The first-order chi connectivity index (χ1) is 14.0. The summed E-state index contributed by atoms with van der Waals surface area (Å²) in [6, 6.07) is 0. The molecular formula is C28H68Hf2O4Zr2-4. The summed E-state index contributed by atoms with van der Waals surface area (Å²) >= 11 is 0. The summed E-state index contributed by atoms with van der Waals surface area (Å²) in [5, 5.41) is 28.0. The fraction of sp³-hybridized carbons (Fsp3) is 0.857. The van der Waals surface area contributed by atoms with Gasteiger partial charge in [0.05, 0.1) is 0 Å². The van der Waals surface area contributed by atoms with E-state index in [-0.39, 0.29) is 134 Å². The van der Waals surface area contributed by atoms with E-state index in [1.165, 1.54) is 128 Å². The first-order valence-electron chi connectivity index (χ1n) is 11.8. The third kappa shape index (κ3) is 90.5. The minimum absolute atomic E-state index is 0. The second kappa shape index (κ2) is 98.1. The van der Waals surface area contributed by atoms with Crippen molar-refractivity contribution in [3.8, 4) is 0 Å². The van der Waals surface area contributed by atoms with E-state index in [4.69, 9.17) is 20.4 Å². The molecule has 224 valence electrons. The summed E-state index contributed by atoms with van der Waals surface area (Å²) in [7, 11) is 4.00. The van der Waals surface area contributed by atoms with Crippen LogP contribution in [0.3, 0.4) is 0 Å². The summed E-state index contributed by atoms with van der Waals surface area (Å²) in [5.41, 5.74) is 0. The number of hydrogen-bond donors (Lipinski definition) is 4. The number of hydrogen-bond acceptors (Lipinski definition) is 4.